The Hall–Kier alpha value is -3.28. The van der Waals surface area contributed by atoms with Crippen LogP contribution in [0.1, 0.15) is 5.56 Å². The molecule has 0 saturated heterocycles. The van der Waals surface area contributed by atoms with E-state index in [4.69, 9.17) is 9.47 Å². The van der Waals surface area contributed by atoms with Gasteiger partial charge in [-0.15, -0.1) is 0 Å². The number of ether oxygens (including phenoxy) is 2. The lowest BCUT2D eigenvalue weighted by molar-refractivity contribution is -0.115. The maximum atomic E-state index is 12.3. The van der Waals surface area contributed by atoms with E-state index in [9.17, 15) is 4.79 Å². The van der Waals surface area contributed by atoms with Crippen molar-refractivity contribution < 1.29 is 14.3 Å². The predicted octanol–water partition coefficient (Wildman–Crippen LogP) is 3.28. The first kappa shape index (κ1) is 16.6. The SMILES string of the molecule is COc1ccc(CC(=O)Nc2ccc(-c3cnc[nH]3)cc2)cc1OC. The van der Waals surface area contributed by atoms with E-state index in [0.29, 0.717) is 11.5 Å². The van der Waals surface area contributed by atoms with Crippen LogP contribution < -0.4 is 14.8 Å². The number of carbonyl (C=O) groups excluding carboxylic acids is 1. The molecule has 0 radical (unpaired) electrons. The van der Waals surface area contributed by atoms with Crippen molar-refractivity contribution in [1.82, 2.24) is 9.97 Å². The van der Waals surface area contributed by atoms with Crippen molar-refractivity contribution in [2.24, 2.45) is 0 Å². The van der Waals surface area contributed by atoms with Gasteiger partial charge in [0.15, 0.2) is 11.5 Å². The number of hydrogen-bond acceptors (Lipinski definition) is 4. The number of aromatic nitrogens is 2. The minimum Gasteiger partial charge on any atom is -0.493 e. The summed E-state index contributed by atoms with van der Waals surface area (Å²) in [6, 6.07) is 13.0. The molecule has 6 heteroatoms. The monoisotopic (exact) mass is 337 g/mol. The minimum atomic E-state index is -0.0958. The molecule has 0 unspecified atom stereocenters. The van der Waals surface area contributed by atoms with Gasteiger partial charge in [0.1, 0.15) is 0 Å². The van der Waals surface area contributed by atoms with Crippen molar-refractivity contribution in [3.8, 4) is 22.8 Å². The zero-order chi connectivity index (χ0) is 17.6. The topological polar surface area (TPSA) is 76.2 Å². The van der Waals surface area contributed by atoms with Crippen LogP contribution in [0.3, 0.4) is 0 Å². The largest absolute Gasteiger partial charge is 0.493 e. The Morgan fingerprint density at radius 1 is 1.08 bits per heavy atom. The highest BCUT2D eigenvalue weighted by atomic mass is 16.5. The van der Waals surface area contributed by atoms with Crippen molar-refractivity contribution in [3.05, 3.63) is 60.6 Å². The Morgan fingerprint density at radius 3 is 2.48 bits per heavy atom. The summed E-state index contributed by atoms with van der Waals surface area (Å²) in [5, 5.41) is 2.89. The number of anilines is 1. The molecular weight excluding hydrogens is 318 g/mol. The fourth-order valence-corrected chi connectivity index (χ4v) is 2.53. The minimum absolute atomic E-state index is 0.0958. The van der Waals surface area contributed by atoms with Gasteiger partial charge in [0, 0.05) is 5.69 Å². The number of methoxy groups -OCH3 is 2. The average Bonchev–Trinajstić information content (AvgIpc) is 3.17. The van der Waals surface area contributed by atoms with Crippen molar-refractivity contribution in [3.63, 3.8) is 0 Å². The molecule has 2 N–H and O–H groups in total. The first-order chi connectivity index (χ1) is 12.2. The molecule has 6 nitrogen and oxygen atoms in total. The molecule has 1 aromatic heterocycles. The highest BCUT2D eigenvalue weighted by molar-refractivity contribution is 5.92. The highest BCUT2D eigenvalue weighted by Crippen LogP contribution is 2.27. The van der Waals surface area contributed by atoms with Crippen LogP contribution >= 0.6 is 0 Å². The first-order valence-electron chi connectivity index (χ1n) is 7.79. The molecule has 128 valence electrons. The molecule has 0 atom stereocenters. The van der Waals surface area contributed by atoms with Crippen LogP contribution in [-0.4, -0.2) is 30.1 Å². The van der Waals surface area contributed by atoms with Gasteiger partial charge in [-0.1, -0.05) is 18.2 Å². The van der Waals surface area contributed by atoms with Gasteiger partial charge >= 0.3 is 0 Å². The Labute approximate surface area is 145 Å². The number of hydrogen-bond donors (Lipinski definition) is 2. The summed E-state index contributed by atoms with van der Waals surface area (Å²) in [6.07, 6.45) is 3.64. The molecule has 3 rings (SSSR count). The van der Waals surface area contributed by atoms with Gasteiger partial charge in [-0.2, -0.15) is 0 Å². The van der Waals surface area contributed by atoms with Crippen LogP contribution in [0.4, 0.5) is 5.69 Å². The molecule has 0 bridgehead atoms. The van der Waals surface area contributed by atoms with Gasteiger partial charge in [-0.05, 0) is 35.4 Å². The summed E-state index contributed by atoms with van der Waals surface area (Å²) in [6.45, 7) is 0. The van der Waals surface area contributed by atoms with Crippen molar-refractivity contribution in [1.29, 1.82) is 0 Å². The lowest BCUT2D eigenvalue weighted by Crippen LogP contribution is -2.14. The Kier molecular flexibility index (Phi) is 4.99. The van der Waals surface area contributed by atoms with Gasteiger partial charge in [0.2, 0.25) is 5.91 Å². The summed E-state index contributed by atoms with van der Waals surface area (Å²) in [7, 11) is 3.15. The van der Waals surface area contributed by atoms with Gasteiger partial charge in [0.05, 0.1) is 38.9 Å². The number of aromatic amines is 1. The predicted molar refractivity (Wildman–Crippen MR) is 95.9 cm³/mol. The van der Waals surface area contributed by atoms with Crippen molar-refractivity contribution in [2.45, 2.75) is 6.42 Å². The molecule has 1 amide bonds. The van der Waals surface area contributed by atoms with E-state index in [1.54, 1.807) is 38.9 Å². The third-order valence-corrected chi connectivity index (χ3v) is 3.79. The number of carbonyl (C=O) groups is 1. The van der Waals surface area contributed by atoms with Crippen LogP contribution in [-0.2, 0) is 11.2 Å². The standard InChI is InChI=1S/C19H19N3O3/c1-24-17-8-3-13(9-18(17)25-2)10-19(23)22-15-6-4-14(5-7-15)16-11-20-12-21-16/h3-9,11-12H,10H2,1-2H3,(H,20,21)(H,22,23). The normalized spacial score (nSPS) is 10.3. The zero-order valence-electron chi connectivity index (χ0n) is 14.1. The van der Waals surface area contributed by atoms with Gasteiger partial charge in [-0.3, -0.25) is 4.79 Å². The molecule has 25 heavy (non-hydrogen) atoms. The van der Waals surface area contributed by atoms with Crippen molar-refractivity contribution >= 4 is 11.6 Å². The summed E-state index contributed by atoms with van der Waals surface area (Å²) in [5.74, 6) is 1.15. The maximum Gasteiger partial charge on any atom is 0.228 e. The van der Waals surface area contributed by atoms with E-state index >= 15 is 0 Å². The van der Waals surface area contributed by atoms with Crippen LogP contribution in [0.25, 0.3) is 11.3 Å². The van der Waals surface area contributed by atoms with Gasteiger partial charge < -0.3 is 19.8 Å². The summed E-state index contributed by atoms with van der Waals surface area (Å²) in [4.78, 5) is 19.3. The van der Waals surface area contributed by atoms with E-state index in [-0.39, 0.29) is 12.3 Å². The Morgan fingerprint density at radius 2 is 1.84 bits per heavy atom. The lowest BCUT2D eigenvalue weighted by Gasteiger charge is -2.10. The second-order valence-electron chi connectivity index (χ2n) is 5.46. The third-order valence-electron chi connectivity index (χ3n) is 3.79. The van der Waals surface area contributed by atoms with Crippen molar-refractivity contribution in [2.75, 3.05) is 19.5 Å². The van der Waals surface area contributed by atoms with E-state index < -0.39 is 0 Å². The lowest BCUT2D eigenvalue weighted by atomic mass is 10.1. The number of rotatable bonds is 6. The summed E-state index contributed by atoms with van der Waals surface area (Å²) >= 11 is 0. The van der Waals surface area contributed by atoms with E-state index in [0.717, 1.165) is 22.5 Å². The molecule has 0 aliphatic carbocycles. The molecule has 0 aliphatic rings. The van der Waals surface area contributed by atoms with Crippen LogP contribution in [0.5, 0.6) is 11.5 Å². The molecule has 0 fully saturated rings. The number of benzene rings is 2. The molecule has 1 heterocycles. The molecular formula is C19H19N3O3. The fraction of sp³-hybridized carbons (Fsp3) is 0.158. The van der Waals surface area contributed by atoms with E-state index in [2.05, 4.69) is 15.3 Å². The first-order valence-corrected chi connectivity index (χ1v) is 7.79. The maximum absolute atomic E-state index is 12.3. The molecule has 0 saturated carbocycles. The number of nitrogens with one attached hydrogen (secondary N) is 2. The van der Waals surface area contributed by atoms with Gasteiger partial charge in [-0.25, -0.2) is 4.98 Å². The fourth-order valence-electron chi connectivity index (χ4n) is 2.53. The Balaban J connectivity index is 1.64. The van der Waals surface area contributed by atoms with Crippen LogP contribution in [0.15, 0.2) is 55.0 Å². The second-order valence-corrected chi connectivity index (χ2v) is 5.46. The number of imidazole rings is 1. The number of H-pyrrole nitrogens is 1. The third kappa shape index (κ3) is 3.98. The van der Waals surface area contributed by atoms with E-state index in [1.165, 1.54) is 0 Å². The quantitative estimate of drug-likeness (QED) is 0.724. The molecule has 0 aliphatic heterocycles. The van der Waals surface area contributed by atoms with Crippen LogP contribution in [0.2, 0.25) is 0 Å². The smallest absolute Gasteiger partial charge is 0.228 e. The summed E-state index contributed by atoms with van der Waals surface area (Å²) in [5.41, 5.74) is 3.54. The average molecular weight is 337 g/mol. The Bertz CT molecular complexity index is 843. The van der Waals surface area contributed by atoms with E-state index in [1.807, 2.05) is 30.3 Å². The summed E-state index contributed by atoms with van der Waals surface area (Å²) < 4.78 is 10.5. The zero-order valence-corrected chi connectivity index (χ0v) is 14.1. The number of nitrogens with zero attached hydrogens (tertiary/aromatic N) is 1. The highest BCUT2D eigenvalue weighted by Gasteiger charge is 2.09. The van der Waals surface area contributed by atoms with Crippen LogP contribution in [0, 0.1) is 0 Å². The van der Waals surface area contributed by atoms with Gasteiger partial charge in [0.25, 0.3) is 0 Å². The molecule has 3 aromatic rings. The molecule has 0 spiro atoms. The second kappa shape index (κ2) is 7.53. The molecule has 2 aromatic carbocycles. The number of amides is 1.